The SMILES string of the molecule is Cc1cccc(NC(=O)NN2CC(=O)N(C)C2=O)c1C(=O)N1CCCC1. The number of hydrogen-bond donors (Lipinski definition) is 2. The molecular weight excluding hydrogens is 338 g/mol. The zero-order valence-electron chi connectivity index (χ0n) is 14.7. The second kappa shape index (κ2) is 7.03. The first-order valence-corrected chi connectivity index (χ1v) is 8.43. The van der Waals surface area contributed by atoms with Crippen molar-refractivity contribution in [3.8, 4) is 0 Å². The minimum atomic E-state index is -0.692. The lowest BCUT2D eigenvalue weighted by molar-refractivity contribution is -0.124. The summed E-state index contributed by atoms with van der Waals surface area (Å²) in [6, 6.07) is 3.89. The first-order valence-electron chi connectivity index (χ1n) is 8.43. The van der Waals surface area contributed by atoms with E-state index >= 15 is 0 Å². The van der Waals surface area contributed by atoms with Gasteiger partial charge in [0.05, 0.1) is 11.3 Å². The van der Waals surface area contributed by atoms with Crippen molar-refractivity contribution in [3.63, 3.8) is 0 Å². The maximum absolute atomic E-state index is 12.8. The van der Waals surface area contributed by atoms with Crippen molar-refractivity contribution in [1.82, 2.24) is 20.2 Å². The minimum Gasteiger partial charge on any atom is -0.339 e. The Hall–Kier alpha value is -3.10. The average molecular weight is 359 g/mol. The Morgan fingerprint density at radius 3 is 2.42 bits per heavy atom. The van der Waals surface area contributed by atoms with Crippen LogP contribution in [-0.2, 0) is 4.79 Å². The molecule has 0 atom stereocenters. The summed E-state index contributed by atoms with van der Waals surface area (Å²) in [5.74, 6) is -0.529. The Balaban J connectivity index is 1.74. The van der Waals surface area contributed by atoms with Crippen LogP contribution in [0.4, 0.5) is 15.3 Å². The van der Waals surface area contributed by atoms with Gasteiger partial charge in [0.2, 0.25) is 0 Å². The number of amides is 6. The van der Waals surface area contributed by atoms with E-state index in [-0.39, 0.29) is 12.5 Å². The molecule has 0 radical (unpaired) electrons. The maximum atomic E-state index is 12.8. The topological polar surface area (TPSA) is 102 Å². The molecule has 0 aliphatic carbocycles. The molecule has 1 aromatic carbocycles. The van der Waals surface area contributed by atoms with Crippen molar-refractivity contribution >= 4 is 29.6 Å². The summed E-state index contributed by atoms with van der Waals surface area (Å²) in [4.78, 5) is 51.1. The number of carbonyl (C=O) groups excluding carboxylic acids is 4. The third-order valence-corrected chi connectivity index (χ3v) is 4.55. The number of urea groups is 2. The number of benzene rings is 1. The molecule has 9 heteroatoms. The molecule has 9 nitrogen and oxygen atoms in total. The van der Waals surface area contributed by atoms with Gasteiger partial charge in [-0.2, -0.15) is 0 Å². The second-order valence-corrected chi connectivity index (χ2v) is 6.38. The number of imide groups is 1. The van der Waals surface area contributed by atoms with Gasteiger partial charge in [0.15, 0.2) is 0 Å². The van der Waals surface area contributed by atoms with Crippen LogP contribution in [-0.4, -0.2) is 65.4 Å². The molecule has 2 N–H and O–H groups in total. The lowest BCUT2D eigenvalue weighted by atomic mass is 10.1. The van der Waals surface area contributed by atoms with E-state index in [0.717, 1.165) is 28.3 Å². The third-order valence-electron chi connectivity index (χ3n) is 4.55. The van der Waals surface area contributed by atoms with Gasteiger partial charge in [-0.05, 0) is 31.4 Å². The molecule has 0 spiro atoms. The first-order chi connectivity index (χ1) is 12.4. The predicted octanol–water partition coefficient (Wildman–Crippen LogP) is 1.16. The van der Waals surface area contributed by atoms with E-state index in [2.05, 4.69) is 10.7 Å². The Labute approximate surface area is 150 Å². The summed E-state index contributed by atoms with van der Waals surface area (Å²) >= 11 is 0. The molecule has 0 bridgehead atoms. The molecule has 3 rings (SSSR count). The smallest absolute Gasteiger partial charge is 0.339 e. The Morgan fingerprint density at radius 1 is 1.12 bits per heavy atom. The quantitative estimate of drug-likeness (QED) is 0.791. The molecule has 138 valence electrons. The van der Waals surface area contributed by atoms with Crippen LogP contribution in [0.1, 0.15) is 28.8 Å². The molecular formula is C17H21N5O4. The van der Waals surface area contributed by atoms with Crippen molar-refractivity contribution in [2.75, 3.05) is 32.0 Å². The maximum Gasteiger partial charge on any atom is 0.345 e. The van der Waals surface area contributed by atoms with Crippen molar-refractivity contribution in [2.45, 2.75) is 19.8 Å². The van der Waals surface area contributed by atoms with Crippen LogP contribution in [0.3, 0.4) is 0 Å². The van der Waals surface area contributed by atoms with E-state index in [0.29, 0.717) is 24.3 Å². The fourth-order valence-electron chi connectivity index (χ4n) is 3.09. The van der Waals surface area contributed by atoms with Crippen LogP contribution in [0.2, 0.25) is 0 Å². The Morgan fingerprint density at radius 2 is 1.81 bits per heavy atom. The Kier molecular flexibility index (Phi) is 4.79. The number of nitrogens with one attached hydrogen (secondary N) is 2. The van der Waals surface area contributed by atoms with E-state index in [1.54, 1.807) is 17.0 Å². The van der Waals surface area contributed by atoms with Gasteiger partial charge in [-0.1, -0.05) is 12.1 Å². The second-order valence-electron chi connectivity index (χ2n) is 6.38. The first kappa shape index (κ1) is 17.7. The minimum absolute atomic E-state index is 0.122. The van der Waals surface area contributed by atoms with Crippen LogP contribution >= 0.6 is 0 Å². The summed E-state index contributed by atoms with van der Waals surface area (Å²) in [5.41, 5.74) is 3.90. The fourth-order valence-corrected chi connectivity index (χ4v) is 3.09. The zero-order chi connectivity index (χ0) is 18.8. The standard InChI is InChI=1S/C17H21N5O4/c1-11-6-5-7-12(14(11)15(24)21-8-3-4-9-21)18-16(25)19-22-10-13(23)20(2)17(22)26/h5-7H,3-4,8-10H2,1-2H3,(H2,18,19,25). The van der Waals surface area contributed by atoms with Crippen molar-refractivity contribution in [3.05, 3.63) is 29.3 Å². The van der Waals surface area contributed by atoms with Gasteiger partial charge >= 0.3 is 12.1 Å². The number of likely N-dealkylation sites (N-methyl/N-ethyl adjacent to an activating group) is 1. The van der Waals surface area contributed by atoms with Gasteiger partial charge in [-0.25, -0.2) is 20.0 Å². The molecule has 2 heterocycles. The normalized spacial score (nSPS) is 17.1. The van der Waals surface area contributed by atoms with E-state index in [4.69, 9.17) is 0 Å². The lowest BCUT2D eigenvalue weighted by Gasteiger charge is -2.21. The fraction of sp³-hybridized carbons (Fsp3) is 0.412. The zero-order valence-corrected chi connectivity index (χ0v) is 14.7. The number of hydrazine groups is 1. The molecule has 2 aliphatic heterocycles. The van der Waals surface area contributed by atoms with Gasteiger partial charge in [0.25, 0.3) is 11.8 Å². The van der Waals surface area contributed by atoms with Crippen LogP contribution in [0.15, 0.2) is 18.2 Å². The predicted molar refractivity (Wildman–Crippen MR) is 93.3 cm³/mol. The van der Waals surface area contributed by atoms with Gasteiger partial charge in [0.1, 0.15) is 6.54 Å². The summed E-state index contributed by atoms with van der Waals surface area (Å²) in [7, 11) is 1.34. The number of likely N-dealkylation sites (tertiary alicyclic amines) is 1. The monoisotopic (exact) mass is 359 g/mol. The van der Waals surface area contributed by atoms with Gasteiger partial charge in [0, 0.05) is 20.1 Å². The molecule has 2 aliphatic rings. The Bertz CT molecular complexity index is 772. The average Bonchev–Trinajstić information content (AvgIpc) is 3.20. The van der Waals surface area contributed by atoms with Crippen LogP contribution in [0, 0.1) is 6.92 Å². The molecule has 26 heavy (non-hydrogen) atoms. The molecule has 0 aromatic heterocycles. The third kappa shape index (κ3) is 3.32. The molecule has 0 unspecified atom stereocenters. The molecule has 6 amide bonds. The van der Waals surface area contributed by atoms with Crippen molar-refractivity contribution in [2.24, 2.45) is 0 Å². The molecule has 2 fully saturated rings. The molecule has 0 saturated carbocycles. The number of hydrogen-bond acceptors (Lipinski definition) is 4. The van der Waals surface area contributed by atoms with Crippen LogP contribution < -0.4 is 10.7 Å². The highest BCUT2D eigenvalue weighted by molar-refractivity contribution is 6.06. The lowest BCUT2D eigenvalue weighted by Crippen LogP contribution is -2.46. The van der Waals surface area contributed by atoms with E-state index in [1.807, 2.05) is 13.0 Å². The number of carbonyl (C=O) groups is 4. The molecule has 1 aromatic rings. The van der Waals surface area contributed by atoms with Crippen molar-refractivity contribution in [1.29, 1.82) is 0 Å². The summed E-state index contributed by atoms with van der Waals surface area (Å²) in [6.07, 6.45) is 1.94. The highest BCUT2D eigenvalue weighted by atomic mass is 16.2. The summed E-state index contributed by atoms with van der Waals surface area (Å²) in [6.45, 7) is 2.99. The van der Waals surface area contributed by atoms with Gasteiger partial charge in [-0.3, -0.25) is 14.5 Å². The number of nitrogens with zero attached hydrogens (tertiary/aromatic N) is 3. The highest BCUT2D eigenvalue weighted by Gasteiger charge is 2.34. The largest absolute Gasteiger partial charge is 0.345 e. The highest BCUT2D eigenvalue weighted by Crippen LogP contribution is 2.23. The number of rotatable bonds is 3. The van der Waals surface area contributed by atoms with Crippen LogP contribution in [0.5, 0.6) is 0 Å². The van der Waals surface area contributed by atoms with Gasteiger partial charge < -0.3 is 10.2 Å². The number of anilines is 1. The summed E-state index contributed by atoms with van der Waals surface area (Å²) in [5, 5.41) is 3.54. The molecule has 2 saturated heterocycles. The summed E-state index contributed by atoms with van der Waals surface area (Å²) < 4.78 is 0. The van der Waals surface area contributed by atoms with Gasteiger partial charge in [-0.15, -0.1) is 0 Å². The van der Waals surface area contributed by atoms with Crippen LogP contribution in [0.25, 0.3) is 0 Å². The number of aryl methyl sites for hydroxylation is 1. The van der Waals surface area contributed by atoms with Crippen molar-refractivity contribution < 1.29 is 19.2 Å². The van der Waals surface area contributed by atoms with E-state index in [1.165, 1.54) is 7.05 Å². The van der Waals surface area contributed by atoms with E-state index < -0.39 is 18.0 Å². The van der Waals surface area contributed by atoms with E-state index in [9.17, 15) is 19.2 Å².